The van der Waals surface area contributed by atoms with Gasteiger partial charge in [-0.2, -0.15) is 13.2 Å². The van der Waals surface area contributed by atoms with Crippen molar-refractivity contribution in [3.05, 3.63) is 23.8 Å². The zero-order valence-corrected chi connectivity index (χ0v) is 15.8. The van der Waals surface area contributed by atoms with E-state index in [1.54, 1.807) is 4.90 Å². The molecule has 2 bridgehead atoms. The molecule has 0 spiro atoms. The summed E-state index contributed by atoms with van der Waals surface area (Å²) in [6.45, 7) is 2.49. The van der Waals surface area contributed by atoms with Crippen molar-refractivity contribution in [2.75, 3.05) is 31.1 Å². The molecule has 1 aromatic carbocycles. The third kappa shape index (κ3) is 3.69. The number of nitrogens with two attached hydrogens (primary N) is 1. The van der Waals surface area contributed by atoms with Gasteiger partial charge in [0, 0.05) is 37.9 Å². The number of alkyl halides is 3. The smallest absolute Gasteiger partial charge is 0.368 e. The predicted octanol–water partition coefficient (Wildman–Crippen LogP) is 2.66. The van der Waals surface area contributed by atoms with Crippen molar-refractivity contribution >= 4 is 15.7 Å². The third-order valence-corrected chi connectivity index (χ3v) is 7.34. The van der Waals surface area contributed by atoms with Crippen LogP contribution in [-0.2, 0) is 16.2 Å². The van der Waals surface area contributed by atoms with Gasteiger partial charge in [-0.3, -0.25) is 4.90 Å². The molecule has 3 aliphatic rings. The summed E-state index contributed by atoms with van der Waals surface area (Å²) >= 11 is 0. The summed E-state index contributed by atoms with van der Waals surface area (Å²) in [5, 5.41) is 5.00. The summed E-state index contributed by atoms with van der Waals surface area (Å²) in [6, 6.07) is 3.61. The highest BCUT2D eigenvalue weighted by Gasteiger charge is 2.43. The molecule has 0 radical (unpaired) electrons. The number of piperazine rings is 1. The molecular weight excluding hydrogens is 379 g/mol. The fraction of sp³-hybridized carbons (Fsp3) is 0.667. The van der Waals surface area contributed by atoms with E-state index in [4.69, 9.17) is 5.14 Å². The van der Waals surface area contributed by atoms with Crippen LogP contribution >= 0.6 is 0 Å². The van der Waals surface area contributed by atoms with Gasteiger partial charge in [-0.15, -0.1) is 0 Å². The van der Waals surface area contributed by atoms with E-state index < -0.39 is 26.7 Å². The molecule has 3 fully saturated rings. The van der Waals surface area contributed by atoms with Crippen molar-refractivity contribution < 1.29 is 21.6 Å². The zero-order valence-electron chi connectivity index (χ0n) is 15.0. The fourth-order valence-electron chi connectivity index (χ4n) is 5.15. The van der Waals surface area contributed by atoms with Crippen molar-refractivity contribution in [3.8, 4) is 0 Å². The lowest BCUT2D eigenvalue weighted by atomic mass is 9.93. The SMILES string of the molecule is NS(=O)(=O)c1ccc(N2CCN(C3CC4CCC3C4)CC2)c(C(F)(F)F)c1. The van der Waals surface area contributed by atoms with Gasteiger partial charge in [-0.05, 0) is 49.3 Å². The molecule has 4 rings (SSSR count). The van der Waals surface area contributed by atoms with Crippen LogP contribution in [0.15, 0.2) is 23.1 Å². The monoisotopic (exact) mass is 403 g/mol. The Morgan fingerprint density at radius 1 is 1.04 bits per heavy atom. The van der Waals surface area contributed by atoms with Gasteiger partial charge >= 0.3 is 6.18 Å². The summed E-state index contributed by atoms with van der Waals surface area (Å²) < 4.78 is 63.5. The van der Waals surface area contributed by atoms with Gasteiger partial charge in [-0.25, -0.2) is 13.6 Å². The number of nitrogens with zero attached hydrogens (tertiary/aromatic N) is 2. The molecule has 2 N–H and O–H groups in total. The molecule has 2 saturated carbocycles. The number of fused-ring (bicyclic) bond motifs is 2. The van der Waals surface area contributed by atoms with Gasteiger partial charge in [0.25, 0.3) is 0 Å². The van der Waals surface area contributed by atoms with Crippen LogP contribution in [0.3, 0.4) is 0 Å². The van der Waals surface area contributed by atoms with E-state index in [1.807, 2.05) is 0 Å². The minimum Gasteiger partial charge on any atom is -0.368 e. The molecule has 3 unspecified atom stereocenters. The summed E-state index contributed by atoms with van der Waals surface area (Å²) in [5.41, 5.74) is -0.912. The molecule has 1 aliphatic heterocycles. The Morgan fingerprint density at radius 2 is 1.74 bits per heavy atom. The van der Waals surface area contributed by atoms with E-state index in [1.165, 1.54) is 31.7 Å². The van der Waals surface area contributed by atoms with Crippen LogP contribution < -0.4 is 10.0 Å². The van der Waals surface area contributed by atoms with Crippen molar-refractivity contribution in [1.82, 2.24) is 4.90 Å². The van der Waals surface area contributed by atoms with E-state index in [0.29, 0.717) is 25.2 Å². The van der Waals surface area contributed by atoms with Crippen molar-refractivity contribution in [2.45, 2.75) is 42.8 Å². The molecule has 150 valence electrons. The van der Waals surface area contributed by atoms with E-state index in [-0.39, 0.29) is 5.69 Å². The van der Waals surface area contributed by atoms with Crippen LogP contribution in [0.5, 0.6) is 0 Å². The third-order valence-electron chi connectivity index (χ3n) is 6.43. The van der Waals surface area contributed by atoms with Gasteiger partial charge < -0.3 is 4.90 Å². The number of hydrogen-bond acceptors (Lipinski definition) is 4. The lowest BCUT2D eigenvalue weighted by molar-refractivity contribution is -0.137. The molecule has 5 nitrogen and oxygen atoms in total. The maximum Gasteiger partial charge on any atom is 0.418 e. The first-order valence-electron chi connectivity index (χ1n) is 9.36. The fourth-order valence-corrected chi connectivity index (χ4v) is 5.69. The second kappa shape index (κ2) is 6.63. The Labute approximate surface area is 157 Å². The van der Waals surface area contributed by atoms with E-state index >= 15 is 0 Å². The molecule has 2 aliphatic carbocycles. The van der Waals surface area contributed by atoms with Gasteiger partial charge in [-0.1, -0.05) is 6.42 Å². The average Bonchev–Trinajstić information content (AvgIpc) is 3.23. The summed E-state index contributed by atoms with van der Waals surface area (Å²) in [4.78, 5) is 3.63. The molecular formula is C18H24F3N3O2S. The van der Waals surface area contributed by atoms with Gasteiger partial charge in [0.15, 0.2) is 0 Å². The van der Waals surface area contributed by atoms with Gasteiger partial charge in [0.05, 0.1) is 10.5 Å². The first-order valence-corrected chi connectivity index (χ1v) is 10.9. The van der Waals surface area contributed by atoms with Crippen molar-refractivity contribution in [2.24, 2.45) is 17.0 Å². The predicted molar refractivity (Wildman–Crippen MR) is 95.8 cm³/mol. The van der Waals surface area contributed by atoms with Crippen LogP contribution in [0.4, 0.5) is 18.9 Å². The van der Waals surface area contributed by atoms with Crippen molar-refractivity contribution in [3.63, 3.8) is 0 Å². The maximum absolute atomic E-state index is 13.5. The lowest BCUT2D eigenvalue weighted by Gasteiger charge is -2.42. The highest BCUT2D eigenvalue weighted by atomic mass is 32.2. The molecule has 0 aromatic heterocycles. The Hall–Kier alpha value is -1.32. The first kappa shape index (κ1) is 19.0. The van der Waals surface area contributed by atoms with Gasteiger partial charge in [0.1, 0.15) is 0 Å². The largest absolute Gasteiger partial charge is 0.418 e. The Kier molecular flexibility index (Phi) is 4.67. The standard InChI is InChI=1S/C18H24F3N3O2S/c19-18(20,21)15-11-14(27(22,25)26)3-4-16(15)23-5-7-24(8-6-23)17-10-12-1-2-13(17)9-12/h3-4,11-13,17H,1-2,5-10H2,(H2,22,25,26). The Bertz CT molecular complexity index is 820. The molecule has 27 heavy (non-hydrogen) atoms. The number of primary sulfonamides is 1. The molecule has 0 amide bonds. The van der Waals surface area contributed by atoms with Crippen LogP contribution in [0, 0.1) is 11.8 Å². The number of benzene rings is 1. The number of halogens is 3. The Balaban J connectivity index is 1.52. The summed E-state index contributed by atoms with van der Waals surface area (Å²) in [7, 11) is -4.18. The van der Waals surface area contributed by atoms with Crippen LogP contribution in [-0.4, -0.2) is 45.5 Å². The molecule has 1 saturated heterocycles. The van der Waals surface area contributed by atoms with Crippen LogP contribution in [0.2, 0.25) is 0 Å². The second-order valence-electron chi connectivity index (χ2n) is 7.99. The number of sulfonamides is 1. The normalized spacial score (nSPS) is 29.5. The molecule has 1 heterocycles. The van der Waals surface area contributed by atoms with Crippen LogP contribution in [0.25, 0.3) is 0 Å². The highest BCUT2D eigenvalue weighted by Crippen LogP contribution is 2.47. The Morgan fingerprint density at radius 3 is 2.26 bits per heavy atom. The summed E-state index contributed by atoms with van der Waals surface area (Å²) in [5.74, 6) is 1.59. The molecule has 9 heteroatoms. The number of rotatable bonds is 3. The minimum atomic E-state index is -4.64. The van der Waals surface area contributed by atoms with Gasteiger partial charge in [0.2, 0.25) is 10.0 Å². The molecule has 1 aromatic rings. The van der Waals surface area contributed by atoms with E-state index in [9.17, 15) is 21.6 Å². The summed E-state index contributed by atoms with van der Waals surface area (Å²) in [6.07, 6.45) is 0.493. The lowest BCUT2D eigenvalue weighted by Crippen LogP contribution is -2.52. The van der Waals surface area contributed by atoms with Crippen LogP contribution in [0.1, 0.15) is 31.2 Å². The second-order valence-corrected chi connectivity index (χ2v) is 9.55. The highest BCUT2D eigenvalue weighted by molar-refractivity contribution is 7.89. The molecule has 3 atom stereocenters. The van der Waals surface area contributed by atoms with E-state index in [2.05, 4.69) is 4.90 Å². The average molecular weight is 403 g/mol. The number of hydrogen-bond donors (Lipinski definition) is 1. The maximum atomic E-state index is 13.5. The quantitative estimate of drug-likeness (QED) is 0.843. The first-order chi connectivity index (χ1) is 12.6. The zero-order chi connectivity index (χ0) is 19.4. The topological polar surface area (TPSA) is 66.6 Å². The van der Waals surface area contributed by atoms with E-state index in [0.717, 1.165) is 31.0 Å². The minimum absolute atomic E-state index is 0.0301. The van der Waals surface area contributed by atoms with Crippen molar-refractivity contribution in [1.29, 1.82) is 0 Å². The number of anilines is 1.